The van der Waals surface area contributed by atoms with E-state index in [1.165, 1.54) is 11.6 Å². The highest BCUT2D eigenvalue weighted by atomic mass is 19.1. The maximum absolute atomic E-state index is 12.9. The molecule has 0 fully saturated rings. The molecule has 0 N–H and O–H groups in total. The summed E-state index contributed by atoms with van der Waals surface area (Å²) in [5, 5.41) is 0. The summed E-state index contributed by atoms with van der Waals surface area (Å²) in [6, 6.07) is 17.1. The second kappa shape index (κ2) is 4.74. The number of benzene rings is 2. The van der Waals surface area contributed by atoms with Crippen LogP contribution in [0.15, 0.2) is 54.6 Å². The van der Waals surface area contributed by atoms with Gasteiger partial charge in [-0.3, -0.25) is 0 Å². The van der Waals surface area contributed by atoms with E-state index in [-0.39, 0.29) is 5.82 Å². The van der Waals surface area contributed by atoms with Crippen molar-refractivity contribution >= 4 is 0 Å². The van der Waals surface area contributed by atoms with E-state index in [0.717, 1.165) is 18.4 Å². The lowest BCUT2D eigenvalue weighted by molar-refractivity contribution is 0.625. The molecule has 0 spiro atoms. The quantitative estimate of drug-likeness (QED) is 0.710. The topological polar surface area (TPSA) is 0 Å². The summed E-state index contributed by atoms with van der Waals surface area (Å²) >= 11 is 0. The third-order valence-electron chi connectivity index (χ3n) is 2.43. The Hall–Kier alpha value is -1.63. The lowest BCUT2D eigenvalue weighted by Gasteiger charge is -2.01. The molecule has 0 bridgehead atoms. The smallest absolute Gasteiger partial charge is 0.123 e. The van der Waals surface area contributed by atoms with Crippen molar-refractivity contribution in [3.8, 4) is 0 Å². The van der Waals surface area contributed by atoms with Crippen LogP contribution in [0.1, 0.15) is 11.1 Å². The van der Waals surface area contributed by atoms with Crippen LogP contribution in [0, 0.1) is 5.82 Å². The van der Waals surface area contributed by atoms with Crippen LogP contribution in [0.25, 0.3) is 0 Å². The first-order valence-corrected chi connectivity index (χ1v) is 5.13. The third kappa shape index (κ3) is 2.91. The van der Waals surface area contributed by atoms with Gasteiger partial charge in [0, 0.05) is 0 Å². The molecule has 0 heterocycles. The van der Waals surface area contributed by atoms with Crippen LogP contribution in [0.5, 0.6) is 0 Å². The molecule has 0 aliphatic heterocycles. The van der Waals surface area contributed by atoms with Crippen molar-refractivity contribution in [1.29, 1.82) is 0 Å². The maximum atomic E-state index is 12.9. The number of aryl methyl sites for hydroxylation is 2. The zero-order chi connectivity index (χ0) is 10.5. The summed E-state index contributed by atoms with van der Waals surface area (Å²) in [4.78, 5) is 0. The van der Waals surface area contributed by atoms with E-state index in [2.05, 4.69) is 12.1 Å². The summed E-state index contributed by atoms with van der Waals surface area (Å²) in [5.74, 6) is -0.152. The zero-order valence-corrected chi connectivity index (χ0v) is 8.49. The van der Waals surface area contributed by atoms with Crippen LogP contribution in [0.2, 0.25) is 0 Å². The molecule has 15 heavy (non-hydrogen) atoms. The summed E-state index contributed by atoms with van der Waals surface area (Å²) in [6.07, 6.45) is 1.85. The fourth-order valence-corrected chi connectivity index (χ4v) is 1.63. The molecule has 0 amide bonds. The molecule has 76 valence electrons. The van der Waals surface area contributed by atoms with E-state index < -0.39 is 0 Å². The van der Waals surface area contributed by atoms with Crippen molar-refractivity contribution < 1.29 is 4.39 Å². The average molecular weight is 200 g/mol. The molecule has 0 radical (unpaired) electrons. The molecular formula is C14H13F. The van der Waals surface area contributed by atoms with Crippen molar-refractivity contribution in [3.05, 3.63) is 71.5 Å². The van der Waals surface area contributed by atoms with Crippen molar-refractivity contribution in [2.75, 3.05) is 0 Å². The molecule has 0 atom stereocenters. The summed E-state index contributed by atoms with van der Waals surface area (Å²) in [5.41, 5.74) is 2.35. The highest BCUT2D eigenvalue weighted by molar-refractivity contribution is 5.20. The van der Waals surface area contributed by atoms with Gasteiger partial charge in [-0.15, -0.1) is 0 Å². The van der Waals surface area contributed by atoms with Gasteiger partial charge in [0.2, 0.25) is 0 Å². The summed E-state index contributed by atoms with van der Waals surface area (Å²) < 4.78 is 12.9. The predicted octanol–water partition coefficient (Wildman–Crippen LogP) is 3.61. The second-order valence-electron chi connectivity index (χ2n) is 3.62. The second-order valence-corrected chi connectivity index (χ2v) is 3.62. The van der Waals surface area contributed by atoms with Gasteiger partial charge in [0.15, 0.2) is 0 Å². The molecule has 0 aliphatic carbocycles. The summed E-state index contributed by atoms with van der Waals surface area (Å²) in [6.45, 7) is 0. The van der Waals surface area contributed by atoms with Crippen molar-refractivity contribution in [3.63, 3.8) is 0 Å². The lowest BCUT2D eigenvalue weighted by atomic mass is 10.0. The third-order valence-corrected chi connectivity index (χ3v) is 2.43. The largest absolute Gasteiger partial charge is 0.207 e. The van der Waals surface area contributed by atoms with E-state index in [1.54, 1.807) is 12.1 Å². The van der Waals surface area contributed by atoms with Gasteiger partial charge in [0.25, 0.3) is 0 Å². The van der Waals surface area contributed by atoms with Crippen LogP contribution < -0.4 is 0 Å². The Bertz CT molecular complexity index is 420. The number of hydrogen-bond acceptors (Lipinski definition) is 0. The number of rotatable bonds is 3. The van der Waals surface area contributed by atoms with Gasteiger partial charge in [-0.25, -0.2) is 4.39 Å². The molecule has 0 unspecified atom stereocenters. The fraction of sp³-hybridized carbons (Fsp3) is 0.143. The molecule has 1 heteroatoms. The van der Waals surface area contributed by atoms with E-state index in [0.29, 0.717) is 0 Å². The molecule has 0 aliphatic rings. The van der Waals surface area contributed by atoms with Gasteiger partial charge in [0.1, 0.15) is 5.82 Å². The van der Waals surface area contributed by atoms with Crippen LogP contribution in [-0.4, -0.2) is 0 Å². The molecule has 0 nitrogen and oxygen atoms in total. The predicted molar refractivity (Wildman–Crippen MR) is 60.3 cm³/mol. The minimum Gasteiger partial charge on any atom is -0.207 e. The van der Waals surface area contributed by atoms with Gasteiger partial charge < -0.3 is 0 Å². The highest BCUT2D eigenvalue weighted by Gasteiger charge is 1.96. The van der Waals surface area contributed by atoms with Crippen LogP contribution >= 0.6 is 0 Å². The molecule has 0 saturated carbocycles. The highest BCUT2D eigenvalue weighted by Crippen LogP contribution is 2.08. The monoisotopic (exact) mass is 200 g/mol. The first-order chi connectivity index (χ1) is 7.34. The van der Waals surface area contributed by atoms with E-state index in [4.69, 9.17) is 0 Å². The Balaban J connectivity index is 1.99. The van der Waals surface area contributed by atoms with Crippen molar-refractivity contribution in [2.24, 2.45) is 0 Å². The molecule has 0 aromatic heterocycles. The van der Waals surface area contributed by atoms with Gasteiger partial charge in [-0.05, 0) is 36.1 Å². The Morgan fingerprint density at radius 3 is 2.13 bits per heavy atom. The van der Waals surface area contributed by atoms with Gasteiger partial charge in [0.05, 0.1) is 0 Å². The molecule has 0 saturated heterocycles. The Morgan fingerprint density at radius 1 is 0.733 bits per heavy atom. The first kappa shape index (κ1) is 9.91. The average Bonchev–Trinajstić information content (AvgIpc) is 2.28. The fourth-order valence-electron chi connectivity index (χ4n) is 1.63. The minimum absolute atomic E-state index is 0.152. The van der Waals surface area contributed by atoms with E-state index >= 15 is 0 Å². The van der Waals surface area contributed by atoms with Crippen molar-refractivity contribution in [2.45, 2.75) is 12.8 Å². The molecule has 2 rings (SSSR count). The SMILES string of the molecule is Fc1cccc(CCc2ccccc2)c1. The number of halogens is 1. The standard InChI is InChI=1S/C14H13F/c15-14-8-4-7-13(11-14)10-9-12-5-2-1-3-6-12/h1-8,11H,9-10H2. The lowest BCUT2D eigenvalue weighted by Crippen LogP contribution is -1.91. The normalized spacial score (nSPS) is 10.2. The van der Waals surface area contributed by atoms with E-state index in [1.807, 2.05) is 24.3 Å². The Kier molecular flexibility index (Phi) is 3.13. The zero-order valence-electron chi connectivity index (χ0n) is 8.49. The van der Waals surface area contributed by atoms with Gasteiger partial charge >= 0.3 is 0 Å². The van der Waals surface area contributed by atoms with Gasteiger partial charge in [-0.2, -0.15) is 0 Å². The van der Waals surface area contributed by atoms with Crippen LogP contribution in [0.3, 0.4) is 0 Å². The van der Waals surface area contributed by atoms with Crippen molar-refractivity contribution in [1.82, 2.24) is 0 Å². The first-order valence-electron chi connectivity index (χ1n) is 5.13. The maximum Gasteiger partial charge on any atom is 0.123 e. The molecular weight excluding hydrogens is 187 g/mol. The molecule has 2 aromatic rings. The van der Waals surface area contributed by atoms with Crippen LogP contribution in [-0.2, 0) is 12.8 Å². The number of hydrogen-bond donors (Lipinski definition) is 0. The molecule has 2 aromatic carbocycles. The summed E-state index contributed by atoms with van der Waals surface area (Å²) in [7, 11) is 0. The minimum atomic E-state index is -0.152. The Morgan fingerprint density at radius 2 is 1.40 bits per heavy atom. The van der Waals surface area contributed by atoms with Gasteiger partial charge in [-0.1, -0.05) is 42.5 Å². The van der Waals surface area contributed by atoms with E-state index in [9.17, 15) is 4.39 Å². The van der Waals surface area contributed by atoms with Crippen LogP contribution in [0.4, 0.5) is 4.39 Å². The Labute approximate surface area is 89.4 Å².